The summed E-state index contributed by atoms with van der Waals surface area (Å²) in [6.45, 7) is 1.13. The van der Waals surface area contributed by atoms with Crippen LogP contribution in [0.15, 0.2) is 34.7 Å². The predicted octanol–water partition coefficient (Wildman–Crippen LogP) is 3.33. The minimum Gasteiger partial charge on any atom is -0.354 e. The number of anilines is 1. The molecule has 25 heavy (non-hydrogen) atoms. The third kappa shape index (κ3) is 3.91. The number of alkyl halides is 3. The van der Waals surface area contributed by atoms with Gasteiger partial charge in [0.05, 0.1) is 9.90 Å². The molecule has 0 aromatic carbocycles. The predicted molar refractivity (Wildman–Crippen MR) is 89.5 cm³/mol. The van der Waals surface area contributed by atoms with Gasteiger partial charge in [0.15, 0.2) is 0 Å². The molecule has 0 spiro atoms. The van der Waals surface area contributed by atoms with E-state index >= 15 is 0 Å². The molecule has 2 aromatic rings. The van der Waals surface area contributed by atoms with Gasteiger partial charge in [-0.2, -0.15) is 17.5 Å². The van der Waals surface area contributed by atoms with Crippen molar-refractivity contribution in [3.05, 3.63) is 40.4 Å². The Bertz CT molecular complexity index is 845. The Kier molecular flexibility index (Phi) is 4.97. The number of piperazine rings is 1. The van der Waals surface area contributed by atoms with Crippen LogP contribution in [0, 0.1) is 0 Å². The first-order valence-corrected chi connectivity index (χ1v) is 9.85. The van der Waals surface area contributed by atoms with E-state index in [1.807, 2.05) is 0 Å². The number of rotatable bonds is 3. The molecule has 0 saturated carbocycles. The largest absolute Gasteiger partial charge is 0.417 e. The molecule has 1 fully saturated rings. The number of nitrogens with zero attached hydrogens (tertiary/aromatic N) is 3. The summed E-state index contributed by atoms with van der Waals surface area (Å²) in [4.78, 5) is 5.60. The molecule has 0 atom stereocenters. The SMILES string of the molecule is O=S(=O)(c1ccc(Cl)s1)N1CCN(c2ccc(C(F)(F)F)cn2)CC1. The highest BCUT2D eigenvalue weighted by Crippen LogP contribution is 2.31. The molecular weight excluding hydrogens is 399 g/mol. The fourth-order valence-corrected chi connectivity index (χ4v) is 5.52. The first-order valence-electron chi connectivity index (χ1n) is 7.21. The van der Waals surface area contributed by atoms with Gasteiger partial charge in [-0.1, -0.05) is 11.6 Å². The summed E-state index contributed by atoms with van der Waals surface area (Å²) in [5.41, 5.74) is -0.813. The van der Waals surface area contributed by atoms with Gasteiger partial charge < -0.3 is 4.90 Å². The number of sulfonamides is 1. The number of halogens is 4. The third-order valence-corrected chi connectivity index (χ3v) is 7.38. The summed E-state index contributed by atoms with van der Waals surface area (Å²) in [5, 5.41) is 0. The molecule has 3 rings (SSSR count). The number of aromatic nitrogens is 1. The zero-order valence-corrected chi connectivity index (χ0v) is 15.1. The first-order chi connectivity index (χ1) is 11.7. The van der Waals surface area contributed by atoms with Crippen molar-refractivity contribution in [2.75, 3.05) is 31.1 Å². The van der Waals surface area contributed by atoms with Gasteiger partial charge in [-0.15, -0.1) is 11.3 Å². The number of hydrogen-bond donors (Lipinski definition) is 0. The van der Waals surface area contributed by atoms with E-state index in [9.17, 15) is 21.6 Å². The Labute approximate surface area is 151 Å². The first kappa shape index (κ1) is 18.4. The van der Waals surface area contributed by atoms with Gasteiger partial charge in [0.1, 0.15) is 10.0 Å². The average molecular weight is 412 g/mol. The van der Waals surface area contributed by atoms with Gasteiger partial charge in [0.2, 0.25) is 0 Å². The smallest absolute Gasteiger partial charge is 0.354 e. The van der Waals surface area contributed by atoms with Crippen LogP contribution in [-0.4, -0.2) is 43.9 Å². The number of pyridine rings is 1. The number of thiophene rings is 1. The topological polar surface area (TPSA) is 53.5 Å². The molecule has 0 unspecified atom stereocenters. The van der Waals surface area contributed by atoms with E-state index in [0.717, 1.165) is 23.6 Å². The third-order valence-electron chi connectivity index (χ3n) is 3.78. The lowest BCUT2D eigenvalue weighted by Gasteiger charge is -2.34. The van der Waals surface area contributed by atoms with E-state index in [4.69, 9.17) is 11.6 Å². The quantitative estimate of drug-likeness (QED) is 0.777. The minimum atomic E-state index is -4.43. The van der Waals surface area contributed by atoms with E-state index < -0.39 is 21.8 Å². The fraction of sp³-hybridized carbons (Fsp3) is 0.357. The van der Waals surface area contributed by atoms with Crippen LogP contribution in [0.25, 0.3) is 0 Å². The van der Waals surface area contributed by atoms with Crippen molar-refractivity contribution in [3.8, 4) is 0 Å². The molecule has 11 heteroatoms. The maximum Gasteiger partial charge on any atom is 0.417 e. The molecule has 136 valence electrons. The molecule has 0 N–H and O–H groups in total. The lowest BCUT2D eigenvalue weighted by Crippen LogP contribution is -2.48. The van der Waals surface area contributed by atoms with E-state index in [-0.39, 0.29) is 17.3 Å². The molecule has 0 radical (unpaired) electrons. The van der Waals surface area contributed by atoms with Crippen LogP contribution in [0.2, 0.25) is 4.34 Å². The summed E-state index contributed by atoms with van der Waals surface area (Å²) in [6, 6.07) is 5.26. The van der Waals surface area contributed by atoms with Crippen molar-refractivity contribution in [3.63, 3.8) is 0 Å². The van der Waals surface area contributed by atoms with Crippen LogP contribution in [0.4, 0.5) is 19.0 Å². The molecule has 2 aromatic heterocycles. The highest BCUT2D eigenvalue weighted by atomic mass is 35.5. The summed E-state index contributed by atoms with van der Waals surface area (Å²) < 4.78 is 64.7. The summed E-state index contributed by atoms with van der Waals surface area (Å²) in [6.07, 6.45) is -3.65. The van der Waals surface area contributed by atoms with Crippen LogP contribution >= 0.6 is 22.9 Å². The molecule has 3 heterocycles. The van der Waals surface area contributed by atoms with Crippen molar-refractivity contribution >= 4 is 38.8 Å². The second kappa shape index (κ2) is 6.75. The van der Waals surface area contributed by atoms with Crippen LogP contribution in [0.5, 0.6) is 0 Å². The lowest BCUT2D eigenvalue weighted by atomic mass is 10.2. The van der Waals surface area contributed by atoms with Gasteiger partial charge >= 0.3 is 6.18 Å². The Balaban J connectivity index is 1.68. The van der Waals surface area contributed by atoms with Crippen molar-refractivity contribution in [1.82, 2.24) is 9.29 Å². The van der Waals surface area contributed by atoms with Crippen LogP contribution in [-0.2, 0) is 16.2 Å². The monoisotopic (exact) mass is 411 g/mol. The highest BCUT2D eigenvalue weighted by Gasteiger charge is 2.32. The standard InChI is InChI=1S/C14H13ClF3N3O2S2/c15-11-2-4-13(24-11)25(22,23)21-7-5-20(6-8-21)12-3-1-10(9-19-12)14(16,17)18/h1-4,9H,5-8H2. The highest BCUT2D eigenvalue weighted by molar-refractivity contribution is 7.91. The molecule has 0 amide bonds. The van der Waals surface area contributed by atoms with Crippen LogP contribution < -0.4 is 4.90 Å². The van der Waals surface area contributed by atoms with Gasteiger partial charge in [-0.05, 0) is 24.3 Å². The van der Waals surface area contributed by atoms with Crippen LogP contribution in [0.3, 0.4) is 0 Å². The Morgan fingerprint density at radius 2 is 1.76 bits per heavy atom. The normalized spacial score (nSPS) is 17.0. The Morgan fingerprint density at radius 1 is 1.08 bits per heavy atom. The van der Waals surface area contributed by atoms with Crippen LogP contribution in [0.1, 0.15) is 5.56 Å². The van der Waals surface area contributed by atoms with E-state index in [1.54, 1.807) is 4.90 Å². The molecule has 0 aliphatic carbocycles. The van der Waals surface area contributed by atoms with Gasteiger partial charge in [0, 0.05) is 32.4 Å². The van der Waals surface area contributed by atoms with E-state index in [1.165, 1.54) is 22.5 Å². The average Bonchev–Trinajstić information content (AvgIpc) is 3.02. The lowest BCUT2D eigenvalue weighted by molar-refractivity contribution is -0.137. The zero-order chi connectivity index (χ0) is 18.2. The van der Waals surface area contributed by atoms with Crippen molar-refractivity contribution in [2.45, 2.75) is 10.4 Å². The second-order valence-corrected chi connectivity index (χ2v) is 9.23. The van der Waals surface area contributed by atoms with E-state index in [2.05, 4.69) is 4.98 Å². The molecule has 0 bridgehead atoms. The maximum absolute atomic E-state index is 12.6. The Hall–Kier alpha value is -1.36. The second-order valence-electron chi connectivity index (χ2n) is 5.35. The van der Waals surface area contributed by atoms with Crippen molar-refractivity contribution in [1.29, 1.82) is 0 Å². The van der Waals surface area contributed by atoms with Gasteiger partial charge in [-0.25, -0.2) is 13.4 Å². The Morgan fingerprint density at radius 3 is 2.24 bits per heavy atom. The zero-order valence-electron chi connectivity index (χ0n) is 12.7. The van der Waals surface area contributed by atoms with Gasteiger partial charge in [0.25, 0.3) is 10.0 Å². The molecule has 1 saturated heterocycles. The summed E-state index contributed by atoms with van der Waals surface area (Å²) in [5.74, 6) is 0.393. The van der Waals surface area contributed by atoms with Crippen molar-refractivity contribution < 1.29 is 21.6 Å². The fourth-order valence-electron chi connectivity index (χ4n) is 2.46. The summed E-state index contributed by atoms with van der Waals surface area (Å²) in [7, 11) is -3.60. The number of hydrogen-bond acceptors (Lipinski definition) is 5. The molecule has 1 aliphatic rings. The van der Waals surface area contributed by atoms with E-state index in [0.29, 0.717) is 23.2 Å². The summed E-state index contributed by atoms with van der Waals surface area (Å²) >= 11 is 6.79. The molecule has 1 aliphatic heterocycles. The molecular formula is C14H13ClF3N3O2S2. The van der Waals surface area contributed by atoms with Crippen molar-refractivity contribution in [2.24, 2.45) is 0 Å². The minimum absolute atomic E-state index is 0.179. The maximum atomic E-state index is 12.6. The van der Waals surface area contributed by atoms with Gasteiger partial charge in [-0.3, -0.25) is 0 Å². The molecule has 5 nitrogen and oxygen atoms in total.